The topological polar surface area (TPSA) is 186 Å². The Hall–Kier alpha value is -7.26. The number of hydrogen-bond acceptors (Lipinski definition) is 12. The minimum Gasteiger partial charge on any atom is -0.404 e. The number of anilines is 3. The van der Waals surface area contributed by atoms with E-state index in [0.717, 1.165) is 34.1 Å². The van der Waals surface area contributed by atoms with Gasteiger partial charge in [0.25, 0.3) is 11.1 Å². The summed E-state index contributed by atoms with van der Waals surface area (Å²) < 4.78 is 46.8. The van der Waals surface area contributed by atoms with Gasteiger partial charge in [0.1, 0.15) is 58.9 Å². The van der Waals surface area contributed by atoms with Crippen LogP contribution in [-0.2, 0) is 16.2 Å². The maximum atomic E-state index is 16.7. The number of fused-ring (bicyclic) bond motifs is 3. The zero-order valence-corrected chi connectivity index (χ0v) is 41.4. The lowest BCUT2D eigenvalue weighted by atomic mass is 9.92. The van der Waals surface area contributed by atoms with Gasteiger partial charge in [-0.2, -0.15) is 15.8 Å². The number of halogens is 2. The van der Waals surface area contributed by atoms with E-state index in [2.05, 4.69) is 28.9 Å². The Labute approximate surface area is 409 Å². The van der Waals surface area contributed by atoms with Gasteiger partial charge in [0, 0.05) is 70.0 Å². The number of ether oxygens (including phenoxy) is 2. The second-order valence-electron chi connectivity index (χ2n) is 20.4. The van der Waals surface area contributed by atoms with Crippen LogP contribution in [0.25, 0.3) is 32.7 Å². The highest BCUT2D eigenvalue weighted by Gasteiger charge is 2.39. The summed E-state index contributed by atoms with van der Waals surface area (Å²) in [6, 6.07) is 16.5. The molecule has 1 N–H and O–H groups in total. The van der Waals surface area contributed by atoms with E-state index in [1.54, 1.807) is 39.2 Å². The van der Waals surface area contributed by atoms with Crippen LogP contribution in [0.4, 0.5) is 25.8 Å². The van der Waals surface area contributed by atoms with Gasteiger partial charge in [-0.3, -0.25) is 19.0 Å². The van der Waals surface area contributed by atoms with Gasteiger partial charge in [0.05, 0.1) is 50.2 Å². The number of aromatic nitrogens is 3. The summed E-state index contributed by atoms with van der Waals surface area (Å²) in [5.41, 5.74) is 0.455. The second kappa shape index (κ2) is 18.2. The molecule has 3 saturated heterocycles. The molecular weight excluding hydrogens is 909 g/mol. The van der Waals surface area contributed by atoms with Gasteiger partial charge < -0.3 is 34.0 Å². The third-order valence-electron chi connectivity index (χ3n) is 15.5. The fourth-order valence-corrected chi connectivity index (χ4v) is 10.7. The molecule has 0 spiro atoms. The Morgan fingerprint density at radius 1 is 0.634 bits per heavy atom. The standard InChI is InChI=1S/C54H57F2N9O6/c1-31-23-36-45(40(55)24-31)60-49(66)37(27-57)47(36)62-21-15-54(7,16-22-62)71-65-41-10-9-32(2)44(56)43(41)48(39(29-59)51(65)68)63-19-13-53(6,14-20-63)70-30-64-42-26-34(4)33(3)25-35(42)46(38(28-58)50(64)67)61-17-11-52(5,69-8)12-18-61/h9-10,23-26H,11-22,30H2,1-8H3,(H,60,66). The number of nitrogens with zero attached hydrogens (tertiary/aromatic N) is 8. The molecule has 0 saturated carbocycles. The predicted molar refractivity (Wildman–Crippen MR) is 268 cm³/mol. The molecule has 15 nitrogen and oxygen atoms in total. The lowest BCUT2D eigenvalue weighted by Crippen LogP contribution is -2.51. The molecule has 3 aliphatic rings. The summed E-state index contributed by atoms with van der Waals surface area (Å²) >= 11 is 0. The maximum absolute atomic E-state index is 16.7. The summed E-state index contributed by atoms with van der Waals surface area (Å²) in [5, 5.41) is 32.5. The first-order valence-electron chi connectivity index (χ1n) is 24.0. The van der Waals surface area contributed by atoms with Crippen molar-refractivity contribution < 1.29 is 23.1 Å². The van der Waals surface area contributed by atoms with Crippen molar-refractivity contribution in [3.8, 4) is 18.2 Å². The Morgan fingerprint density at radius 3 is 1.76 bits per heavy atom. The molecule has 0 bridgehead atoms. The number of rotatable bonds is 9. The van der Waals surface area contributed by atoms with Crippen LogP contribution in [0.15, 0.2) is 50.8 Å². The van der Waals surface area contributed by atoms with Gasteiger partial charge >= 0.3 is 5.56 Å². The molecule has 3 aromatic carbocycles. The van der Waals surface area contributed by atoms with Gasteiger partial charge in [-0.25, -0.2) is 8.78 Å². The molecule has 368 valence electrons. The summed E-state index contributed by atoms with van der Waals surface area (Å²) in [7, 11) is 1.71. The van der Waals surface area contributed by atoms with Crippen molar-refractivity contribution in [3.05, 3.63) is 118 Å². The number of pyridine rings is 3. The van der Waals surface area contributed by atoms with E-state index in [1.165, 1.54) is 10.6 Å². The van der Waals surface area contributed by atoms with E-state index >= 15 is 8.78 Å². The Morgan fingerprint density at radius 2 is 1.17 bits per heavy atom. The number of hydrogen-bond donors (Lipinski definition) is 1. The lowest BCUT2D eigenvalue weighted by Gasteiger charge is -2.42. The van der Waals surface area contributed by atoms with Crippen LogP contribution in [0.3, 0.4) is 0 Å². The third-order valence-corrected chi connectivity index (χ3v) is 15.5. The van der Waals surface area contributed by atoms with Crippen LogP contribution in [0, 0.1) is 73.3 Å². The third kappa shape index (κ3) is 8.43. The number of H-pyrrole nitrogens is 1. The van der Waals surface area contributed by atoms with Crippen LogP contribution >= 0.6 is 0 Å². The first kappa shape index (κ1) is 48.8. The van der Waals surface area contributed by atoms with E-state index in [1.807, 2.05) is 55.7 Å². The van der Waals surface area contributed by atoms with Crippen LogP contribution in [0.1, 0.15) is 98.2 Å². The largest absolute Gasteiger partial charge is 0.404 e. The van der Waals surface area contributed by atoms with E-state index in [4.69, 9.17) is 14.3 Å². The fourth-order valence-electron chi connectivity index (χ4n) is 10.7. The van der Waals surface area contributed by atoms with Crippen molar-refractivity contribution in [3.63, 3.8) is 0 Å². The number of aryl methyl sites for hydroxylation is 4. The number of nitrogens with one attached hydrogen (secondary N) is 1. The second-order valence-corrected chi connectivity index (χ2v) is 20.4. The normalized spacial score (nSPS) is 17.6. The highest BCUT2D eigenvalue weighted by atomic mass is 19.1. The van der Waals surface area contributed by atoms with Crippen molar-refractivity contribution in [2.75, 3.05) is 61.1 Å². The molecule has 71 heavy (non-hydrogen) atoms. The summed E-state index contributed by atoms with van der Waals surface area (Å²) in [6.45, 7) is 15.4. The van der Waals surface area contributed by atoms with Crippen molar-refractivity contribution in [1.82, 2.24) is 14.3 Å². The predicted octanol–water partition coefficient (Wildman–Crippen LogP) is 7.81. The van der Waals surface area contributed by atoms with Crippen molar-refractivity contribution in [2.24, 2.45) is 0 Å². The molecule has 3 fully saturated rings. The van der Waals surface area contributed by atoms with E-state index in [-0.39, 0.29) is 90.1 Å². The van der Waals surface area contributed by atoms with E-state index in [9.17, 15) is 30.2 Å². The van der Waals surface area contributed by atoms with Gasteiger partial charge in [-0.05, 0) is 127 Å². The molecule has 3 aromatic heterocycles. The molecular formula is C54H57F2N9O6. The maximum Gasteiger partial charge on any atom is 0.303 e. The highest BCUT2D eigenvalue weighted by molar-refractivity contribution is 5.98. The number of methoxy groups -OCH3 is 1. The molecule has 0 atom stereocenters. The van der Waals surface area contributed by atoms with Gasteiger partial charge in [0.2, 0.25) is 0 Å². The Bertz CT molecular complexity index is 3500. The van der Waals surface area contributed by atoms with Gasteiger partial charge in [0.15, 0.2) is 0 Å². The van der Waals surface area contributed by atoms with Crippen LogP contribution in [0.5, 0.6) is 0 Å². The number of benzene rings is 3. The zero-order chi connectivity index (χ0) is 50.9. The zero-order valence-electron chi connectivity index (χ0n) is 41.4. The number of nitriles is 3. The van der Waals surface area contributed by atoms with Gasteiger partial charge in [-0.15, -0.1) is 4.73 Å². The fraction of sp³-hybridized carbons (Fsp3) is 0.444. The van der Waals surface area contributed by atoms with Crippen molar-refractivity contribution in [1.29, 1.82) is 15.8 Å². The monoisotopic (exact) mass is 965 g/mol. The lowest BCUT2D eigenvalue weighted by molar-refractivity contribution is -0.0814. The van der Waals surface area contributed by atoms with Crippen LogP contribution in [0.2, 0.25) is 0 Å². The molecule has 9 rings (SSSR count). The van der Waals surface area contributed by atoms with E-state index in [0.29, 0.717) is 59.3 Å². The molecule has 0 radical (unpaired) electrons. The van der Waals surface area contributed by atoms with Gasteiger partial charge in [-0.1, -0.05) is 6.07 Å². The number of aromatic amines is 1. The van der Waals surface area contributed by atoms with Crippen molar-refractivity contribution >= 4 is 49.8 Å². The molecule has 17 heteroatoms. The average Bonchev–Trinajstić information content (AvgIpc) is 3.34. The Kier molecular flexibility index (Phi) is 12.5. The first-order valence-corrected chi connectivity index (χ1v) is 24.0. The molecule has 0 unspecified atom stereocenters. The smallest absolute Gasteiger partial charge is 0.303 e. The summed E-state index contributed by atoms with van der Waals surface area (Å²) in [4.78, 5) is 56.8. The minimum atomic E-state index is -1.03. The molecule has 0 aliphatic carbocycles. The van der Waals surface area contributed by atoms with Crippen LogP contribution in [-0.4, -0.2) is 77.5 Å². The first-order chi connectivity index (χ1) is 33.8. The van der Waals surface area contributed by atoms with E-state index < -0.39 is 39.5 Å². The number of piperidine rings is 3. The minimum absolute atomic E-state index is 0.000699. The molecule has 0 amide bonds. The summed E-state index contributed by atoms with van der Waals surface area (Å²) in [6.07, 6.45) is 2.83. The Balaban J connectivity index is 0.984. The SMILES string of the molecule is COC1(C)CCN(c2c(C#N)c(=O)n(COC3(C)CCN(c4c(C#N)c(=O)n(OC5(C)CCN(c6c(C#N)c(=O)[nH]c7c(F)cc(C)cc67)CC5)c5ccc(C)c(F)c45)CC3)c3cc(C)c(C)cc23)CC1. The van der Waals surface area contributed by atoms with Crippen molar-refractivity contribution in [2.45, 2.75) is 111 Å². The van der Waals surface area contributed by atoms with Crippen LogP contribution < -0.4 is 36.2 Å². The molecule has 6 aromatic rings. The highest BCUT2D eigenvalue weighted by Crippen LogP contribution is 2.40. The molecule has 3 aliphatic heterocycles. The average molecular weight is 966 g/mol. The quantitative estimate of drug-likeness (QED) is 0.148. The summed E-state index contributed by atoms with van der Waals surface area (Å²) in [5.74, 6) is -1.21. The molecule has 6 heterocycles.